The third kappa shape index (κ3) is 1.71. The Morgan fingerprint density at radius 2 is 2.20 bits per heavy atom. The van der Waals surface area contributed by atoms with E-state index in [0.717, 1.165) is 11.2 Å². The number of halogens is 1. The number of imidazole rings is 1. The van der Waals surface area contributed by atoms with E-state index in [9.17, 15) is 0 Å². The first-order valence-electron chi connectivity index (χ1n) is 4.15. The zero-order valence-corrected chi connectivity index (χ0v) is 10.9. The summed E-state index contributed by atoms with van der Waals surface area (Å²) in [7, 11) is 5.28. The number of nitrogens with two attached hydrogens (primary N) is 1. The van der Waals surface area contributed by atoms with Gasteiger partial charge in [0, 0.05) is 7.05 Å². The van der Waals surface area contributed by atoms with Gasteiger partial charge < -0.3 is 34.4 Å². The first-order chi connectivity index (χ1) is 6.65. The highest BCUT2D eigenvalue weighted by molar-refractivity contribution is 5.80. The van der Waals surface area contributed by atoms with Crippen molar-refractivity contribution in [3.8, 4) is 6.01 Å². The summed E-state index contributed by atoms with van der Waals surface area (Å²) in [4.78, 5) is 8.31. The van der Waals surface area contributed by atoms with Crippen LogP contribution in [0.15, 0.2) is 6.33 Å². The number of aromatic nitrogens is 4. The number of methoxy groups -OCH3 is 1. The van der Waals surface area contributed by atoms with Crippen molar-refractivity contribution in [1.29, 1.82) is 0 Å². The van der Waals surface area contributed by atoms with Crippen LogP contribution in [0.3, 0.4) is 0 Å². The lowest BCUT2D eigenvalue weighted by Gasteiger charge is -1.96. The molecule has 82 valence electrons. The van der Waals surface area contributed by atoms with Gasteiger partial charge in [0.2, 0.25) is 12.1 Å². The van der Waals surface area contributed by atoms with Crippen molar-refractivity contribution in [1.82, 2.24) is 14.5 Å². The van der Waals surface area contributed by atoms with Gasteiger partial charge in [0.1, 0.15) is 0 Å². The number of ether oxygens (including phenoxy) is 1. The highest BCUT2D eigenvalue weighted by Crippen LogP contribution is 2.19. The molecule has 0 aliphatic rings. The molecule has 2 heterocycles. The number of rotatable bonds is 1. The Balaban J connectivity index is 0.00000112. The Morgan fingerprint density at radius 1 is 1.53 bits per heavy atom. The van der Waals surface area contributed by atoms with Crippen LogP contribution >= 0.6 is 0 Å². The quantitative estimate of drug-likeness (QED) is 0.435. The Labute approximate surface area is 104 Å². The van der Waals surface area contributed by atoms with Crippen LogP contribution < -0.4 is 39.0 Å². The van der Waals surface area contributed by atoms with Gasteiger partial charge in [-0.1, -0.05) is 4.98 Å². The molecule has 0 atom stereocenters. The summed E-state index contributed by atoms with van der Waals surface area (Å²) in [5, 5.41) is 0. The van der Waals surface area contributed by atoms with Crippen molar-refractivity contribution in [2.24, 2.45) is 14.1 Å². The Bertz CT molecular complexity index is 495. The van der Waals surface area contributed by atoms with Crippen LogP contribution in [0.5, 0.6) is 6.01 Å². The predicted octanol–water partition coefficient (Wildman–Crippen LogP) is -3.61. The zero-order chi connectivity index (χ0) is 10.3. The van der Waals surface area contributed by atoms with Gasteiger partial charge in [0.25, 0.3) is 5.65 Å². The van der Waals surface area contributed by atoms with Crippen LogP contribution in [0.25, 0.3) is 11.2 Å². The van der Waals surface area contributed by atoms with Crippen LogP contribution in [-0.4, -0.2) is 21.6 Å². The Hall–Kier alpha value is -1.12. The summed E-state index contributed by atoms with van der Waals surface area (Å²) in [6.45, 7) is 0. The molecule has 0 radical (unpaired) electrons. The zero-order valence-electron chi connectivity index (χ0n) is 8.73. The highest BCUT2D eigenvalue weighted by Gasteiger charge is 2.20. The van der Waals surface area contributed by atoms with E-state index in [1.807, 2.05) is 14.1 Å². The molecule has 2 rings (SSSR count). The fourth-order valence-corrected chi connectivity index (χ4v) is 1.44. The molecule has 0 aliphatic carbocycles. The second-order valence-corrected chi connectivity index (χ2v) is 3.07. The van der Waals surface area contributed by atoms with Crippen LogP contribution in [-0.2, 0) is 14.1 Å². The molecular weight excluding hydrogens is 309 g/mol. The highest BCUT2D eigenvalue weighted by atomic mass is 127. The van der Waals surface area contributed by atoms with E-state index >= 15 is 0 Å². The summed E-state index contributed by atoms with van der Waals surface area (Å²) in [5.74, 6) is 0.455. The molecule has 0 unspecified atom stereocenters. The fraction of sp³-hybridized carbons (Fsp3) is 0.375. The van der Waals surface area contributed by atoms with E-state index in [2.05, 4.69) is 9.97 Å². The fourth-order valence-electron chi connectivity index (χ4n) is 1.44. The summed E-state index contributed by atoms with van der Waals surface area (Å²) in [6.07, 6.45) is 1.63. The molecule has 7 heteroatoms. The molecule has 0 saturated heterocycles. The van der Waals surface area contributed by atoms with Gasteiger partial charge in [-0.2, -0.15) is 0 Å². The topological polar surface area (TPSA) is 69.8 Å². The monoisotopic (exact) mass is 321 g/mol. The molecule has 2 N–H and O–H groups in total. The minimum atomic E-state index is 0. The molecule has 15 heavy (non-hydrogen) atoms. The van der Waals surface area contributed by atoms with Gasteiger partial charge in [-0.25, -0.2) is 4.57 Å². The van der Waals surface area contributed by atoms with Crippen LogP contribution in [0.1, 0.15) is 0 Å². The number of hydrogen-bond acceptors (Lipinski definition) is 4. The predicted molar refractivity (Wildman–Crippen MR) is 50.6 cm³/mol. The average molecular weight is 321 g/mol. The molecule has 0 fully saturated rings. The van der Waals surface area contributed by atoms with Crippen LogP contribution in [0.2, 0.25) is 0 Å². The normalized spacial score (nSPS) is 10.1. The van der Waals surface area contributed by atoms with E-state index in [4.69, 9.17) is 10.5 Å². The van der Waals surface area contributed by atoms with Crippen molar-refractivity contribution in [2.75, 3.05) is 12.8 Å². The Morgan fingerprint density at radius 3 is 2.73 bits per heavy atom. The maximum absolute atomic E-state index is 5.75. The molecule has 2 aromatic heterocycles. The third-order valence-corrected chi connectivity index (χ3v) is 2.16. The average Bonchev–Trinajstić information content (AvgIpc) is 2.51. The van der Waals surface area contributed by atoms with Gasteiger partial charge >= 0.3 is 6.01 Å². The number of fused-ring (bicyclic) bond motifs is 1. The van der Waals surface area contributed by atoms with E-state index in [0.29, 0.717) is 11.8 Å². The van der Waals surface area contributed by atoms with Gasteiger partial charge in [0.15, 0.2) is 5.52 Å². The van der Waals surface area contributed by atoms with Crippen LogP contribution in [0.4, 0.5) is 5.82 Å². The number of nitrogen functional groups attached to an aromatic ring is 1. The second-order valence-electron chi connectivity index (χ2n) is 3.07. The second kappa shape index (κ2) is 4.17. The smallest absolute Gasteiger partial charge is 0.375 e. The first-order valence-corrected chi connectivity index (χ1v) is 4.15. The number of anilines is 1. The maximum Gasteiger partial charge on any atom is 0.375 e. The van der Waals surface area contributed by atoms with Crippen molar-refractivity contribution in [2.45, 2.75) is 0 Å². The summed E-state index contributed by atoms with van der Waals surface area (Å²) < 4.78 is 8.67. The molecule has 0 aromatic carbocycles. The van der Waals surface area contributed by atoms with Crippen LogP contribution in [0, 0.1) is 0 Å². The molecule has 2 aromatic rings. The lowest BCUT2D eigenvalue weighted by molar-refractivity contribution is -0.649. The van der Waals surface area contributed by atoms with Crippen molar-refractivity contribution < 1.29 is 33.3 Å². The minimum absolute atomic E-state index is 0. The number of hydrogen-bond donors (Lipinski definition) is 1. The standard InChI is InChI=1S/C8H11N5O.HI/c1-12-4-10-6(9)5-7(12)11-8(14-3)13(5)2;/h4,9H,1-3H3;1H. The van der Waals surface area contributed by atoms with Gasteiger partial charge in [-0.15, -0.1) is 0 Å². The molecule has 0 amide bonds. The molecule has 6 nitrogen and oxygen atoms in total. The van der Waals surface area contributed by atoms with Crippen molar-refractivity contribution >= 4 is 17.0 Å². The summed E-state index contributed by atoms with van der Waals surface area (Å²) >= 11 is 0. The first kappa shape index (κ1) is 12.0. The van der Waals surface area contributed by atoms with E-state index in [-0.39, 0.29) is 24.0 Å². The van der Waals surface area contributed by atoms with E-state index in [1.54, 1.807) is 22.6 Å². The molecule has 0 saturated carbocycles. The maximum atomic E-state index is 5.75. The summed E-state index contributed by atoms with van der Waals surface area (Å²) in [5.41, 5.74) is 7.30. The van der Waals surface area contributed by atoms with Gasteiger partial charge in [0.05, 0.1) is 14.2 Å². The van der Waals surface area contributed by atoms with Gasteiger partial charge in [-0.05, 0) is 4.98 Å². The minimum Gasteiger partial charge on any atom is -1.00 e. The molecule has 0 spiro atoms. The molecule has 0 bridgehead atoms. The largest absolute Gasteiger partial charge is 1.00 e. The Kier molecular flexibility index (Phi) is 3.32. The summed E-state index contributed by atoms with van der Waals surface area (Å²) in [6, 6.07) is 0.523. The lowest BCUT2D eigenvalue weighted by Crippen LogP contribution is -3.00. The van der Waals surface area contributed by atoms with E-state index < -0.39 is 0 Å². The number of aryl methyl sites for hydroxylation is 2. The van der Waals surface area contributed by atoms with Crippen molar-refractivity contribution in [3.63, 3.8) is 0 Å². The van der Waals surface area contributed by atoms with E-state index in [1.165, 1.54) is 0 Å². The SMILES string of the molecule is COc1nc2c(c(N)nc[n+]2C)n1C.[I-]. The lowest BCUT2D eigenvalue weighted by atomic mass is 10.5. The number of nitrogens with zero attached hydrogens (tertiary/aromatic N) is 4. The van der Waals surface area contributed by atoms with Crippen molar-refractivity contribution in [3.05, 3.63) is 6.33 Å². The third-order valence-electron chi connectivity index (χ3n) is 2.16. The molecule has 0 aliphatic heterocycles. The molecular formula is C8H12IN5O. The van der Waals surface area contributed by atoms with Gasteiger partial charge in [-0.3, -0.25) is 4.57 Å².